The molecule has 0 aromatic heterocycles. The fraction of sp³-hybridized carbons (Fsp3) is 0.600. The highest BCUT2D eigenvalue weighted by atomic mass is 16.5. The summed E-state index contributed by atoms with van der Waals surface area (Å²) in [6.07, 6.45) is 0. The molecular weight excluding hydrogens is 210 g/mol. The van der Waals surface area contributed by atoms with Crippen LogP contribution in [0.2, 0.25) is 0 Å². The van der Waals surface area contributed by atoms with E-state index in [1.807, 2.05) is 20.8 Å². The SMILES string of the molecule is CC(C)c1ccc(C(N)COC(C)(C)C)cc1. The van der Waals surface area contributed by atoms with E-state index in [2.05, 4.69) is 38.1 Å². The standard InChI is InChI=1S/C15H25NO/c1-11(2)12-6-8-13(9-7-12)14(16)10-17-15(3,4)5/h6-9,11,14H,10,16H2,1-5H3. The van der Waals surface area contributed by atoms with Crippen molar-refractivity contribution in [3.8, 4) is 0 Å². The first kappa shape index (κ1) is 14.2. The predicted molar refractivity (Wildman–Crippen MR) is 73.2 cm³/mol. The maximum absolute atomic E-state index is 6.10. The van der Waals surface area contributed by atoms with Crippen LogP contribution in [0.3, 0.4) is 0 Å². The second-order valence-corrected chi connectivity index (χ2v) is 5.85. The highest BCUT2D eigenvalue weighted by molar-refractivity contribution is 5.26. The molecule has 0 aliphatic rings. The molecule has 1 rings (SSSR count). The molecule has 1 atom stereocenters. The molecule has 0 saturated carbocycles. The summed E-state index contributed by atoms with van der Waals surface area (Å²) in [4.78, 5) is 0. The molecule has 2 heteroatoms. The van der Waals surface area contributed by atoms with Gasteiger partial charge in [0.05, 0.1) is 18.2 Å². The summed E-state index contributed by atoms with van der Waals surface area (Å²) >= 11 is 0. The van der Waals surface area contributed by atoms with Gasteiger partial charge in [-0.3, -0.25) is 0 Å². The zero-order valence-corrected chi connectivity index (χ0v) is 11.7. The Morgan fingerprint density at radius 3 is 1.94 bits per heavy atom. The molecule has 2 nitrogen and oxygen atoms in total. The maximum Gasteiger partial charge on any atom is 0.0666 e. The van der Waals surface area contributed by atoms with Gasteiger partial charge in [-0.25, -0.2) is 0 Å². The normalized spacial score (nSPS) is 14.1. The van der Waals surface area contributed by atoms with Crippen molar-refractivity contribution in [2.75, 3.05) is 6.61 Å². The topological polar surface area (TPSA) is 35.2 Å². The van der Waals surface area contributed by atoms with Crippen molar-refractivity contribution in [2.45, 2.75) is 52.2 Å². The summed E-state index contributed by atoms with van der Waals surface area (Å²) in [6.45, 7) is 11.1. The average molecular weight is 235 g/mol. The van der Waals surface area contributed by atoms with E-state index in [-0.39, 0.29) is 11.6 Å². The van der Waals surface area contributed by atoms with Crippen LogP contribution in [0.1, 0.15) is 57.7 Å². The van der Waals surface area contributed by atoms with Crippen LogP contribution in [0.25, 0.3) is 0 Å². The molecule has 1 unspecified atom stereocenters. The van der Waals surface area contributed by atoms with Gasteiger partial charge in [0.25, 0.3) is 0 Å². The summed E-state index contributed by atoms with van der Waals surface area (Å²) < 4.78 is 5.70. The van der Waals surface area contributed by atoms with Crippen LogP contribution >= 0.6 is 0 Å². The molecule has 0 bridgehead atoms. The van der Waals surface area contributed by atoms with Gasteiger partial charge in [-0.05, 0) is 37.8 Å². The maximum atomic E-state index is 6.10. The zero-order chi connectivity index (χ0) is 13.1. The van der Waals surface area contributed by atoms with E-state index in [0.29, 0.717) is 12.5 Å². The highest BCUT2D eigenvalue weighted by Gasteiger charge is 2.14. The van der Waals surface area contributed by atoms with E-state index < -0.39 is 0 Å². The van der Waals surface area contributed by atoms with E-state index in [9.17, 15) is 0 Å². The van der Waals surface area contributed by atoms with E-state index in [1.165, 1.54) is 5.56 Å². The summed E-state index contributed by atoms with van der Waals surface area (Å²) in [5.74, 6) is 0.561. The zero-order valence-electron chi connectivity index (χ0n) is 11.7. The number of rotatable bonds is 4. The molecule has 0 aliphatic carbocycles. The Hall–Kier alpha value is -0.860. The van der Waals surface area contributed by atoms with Crippen molar-refractivity contribution < 1.29 is 4.74 Å². The molecule has 0 saturated heterocycles. The smallest absolute Gasteiger partial charge is 0.0666 e. The summed E-state index contributed by atoms with van der Waals surface area (Å²) in [6, 6.07) is 8.46. The third-order valence-corrected chi connectivity index (χ3v) is 2.73. The lowest BCUT2D eigenvalue weighted by molar-refractivity contribution is -0.0102. The van der Waals surface area contributed by atoms with E-state index in [1.54, 1.807) is 0 Å². The van der Waals surface area contributed by atoms with Crippen LogP contribution in [0.4, 0.5) is 0 Å². The van der Waals surface area contributed by atoms with Crippen LogP contribution in [0.5, 0.6) is 0 Å². The van der Waals surface area contributed by atoms with Gasteiger partial charge in [0.1, 0.15) is 0 Å². The lowest BCUT2D eigenvalue weighted by Crippen LogP contribution is -2.26. The Morgan fingerprint density at radius 2 is 1.53 bits per heavy atom. The molecule has 1 aromatic carbocycles. The van der Waals surface area contributed by atoms with Crippen molar-refractivity contribution in [1.29, 1.82) is 0 Å². The first-order valence-electron chi connectivity index (χ1n) is 6.29. The van der Waals surface area contributed by atoms with E-state index >= 15 is 0 Å². The van der Waals surface area contributed by atoms with Crippen molar-refractivity contribution in [3.05, 3.63) is 35.4 Å². The third-order valence-electron chi connectivity index (χ3n) is 2.73. The van der Waals surface area contributed by atoms with Crippen LogP contribution in [0.15, 0.2) is 24.3 Å². The Kier molecular flexibility index (Phi) is 4.72. The summed E-state index contributed by atoms with van der Waals surface area (Å²) in [7, 11) is 0. The Bertz CT molecular complexity index is 335. The molecule has 17 heavy (non-hydrogen) atoms. The second kappa shape index (κ2) is 5.65. The van der Waals surface area contributed by atoms with Gasteiger partial charge >= 0.3 is 0 Å². The summed E-state index contributed by atoms with van der Waals surface area (Å²) in [5.41, 5.74) is 8.46. The molecule has 1 aromatic rings. The van der Waals surface area contributed by atoms with Gasteiger partial charge in [-0.1, -0.05) is 38.1 Å². The molecule has 0 fully saturated rings. The van der Waals surface area contributed by atoms with Crippen LogP contribution in [-0.4, -0.2) is 12.2 Å². The lowest BCUT2D eigenvalue weighted by Gasteiger charge is -2.22. The highest BCUT2D eigenvalue weighted by Crippen LogP contribution is 2.19. The molecular formula is C15H25NO. The van der Waals surface area contributed by atoms with Crippen molar-refractivity contribution in [3.63, 3.8) is 0 Å². The van der Waals surface area contributed by atoms with Gasteiger partial charge < -0.3 is 10.5 Å². The van der Waals surface area contributed by atoms with Gasteiger partial charge in [0.15, 0.2) is 0 Å². The third kappa shape index (κ3) is 4.88. The fourth-order valence-electron chi connectivity index (χ4n) is 1.56. The molecule has 0 aliphatic heterocycles. The number of hydrogen-bond donors (Lipinski definition) is 1. The summed E-state index contributed by atoms with van der Waals surface area (Å²) in [5, 5.41) is 0. The minimum Gasteiger partial charge on any atom is -0.374 e. The van der Waals surface area contributed by atoms with Gasteiger partial charge in [-0.15, -0.1) is 0 Å². The van der Waals surface area contributed by atoms with E-state index in [4.69, 9.17) is 10.5 Å². The first-order valence-corrected chi connectivity index (χ1v) is 6.29. The second-order valence-electron chi connectivity index (χ2n) is 5.85. The van der Waals surface area contributed by atoms with Crippen molar-refractivity contribution in [1.82, 2.24) is 0 Å². The van der Waals surface area contributed by atoms with Crippen molar-refractivity contribution >= 4 is 0 Å². The first-order chi connectivity index (χ1) is 7.79. The molecule has 2 N–H and O–H groups in total. The van der Waals surface area contributed by atoms with Gasteiger partial charge in [0.2, 0.25) is 0 Å². The minimum absolute atomic E-state index is 0.0459. The Balaban J connectivity index is 2.60. The Labute approximate surface area is 105 Å². The fourth-order valence-corrected chi connectivity index (χ4v) is 1.56. The number of nitrogens with two attached hydrogens (primary N) is 1. The van der Waals surface area contributed by atoms with Gasteiger partial charge in [0, 0.05) is 0 Å². The minimum atomic E-state index is -0.129. The molecule has 96 valence electrons. The number of hydrogen-bond acceptors (Lipinski definition) is 2. The molecule has 0 amide bonds. The Morgan fingerprint density at radius 1 is 1.06 bits per heavy atom. The van der Waals surface area contributed by atoms with E-state index in [0.717, 1.165) is 5.56 Å². The molecule has 0 heterocycles. The van der Waals surface area contributed by atoms with Crippen LogP contribution < -0.4 is 5.73 Å². The monoisotopic (exact) mass is 235 g/mol. The average Bonchev–Trinajstić information content (AvgIpc) is 2.25. The van der Waals surface area contributed by atoms with Gasteiger partial charge in [-0.2, -0.15) is 0 Å². The van der Waals surface area contributed by atoms with Crippen LogP contribution in [-0.2, 0) is 4.74 Å². The molecule has 0 spiro atoms. The van der Waals surface area contributed by atoms with Crippen LogP contribution in [0, 0.1) is 0 Å². The largest absolute Gasteiger partial charge is 0.374 e. The number of benzene rings is 1. The van der Waals surface area contributed by atoms with Crippen molar-refractivity contribution in [2.24, 2.45) is 5.73 Å². The predicted octanol–water partition coefficient (Wildman–Crippen LogP) is 3.62. The molecule has 0 radical (unpaired) electrons. The number of ether oxygens (including phenoxy) is 1. The lowest BCUT2D eigenvalue weighted by atomic mass is 9.99. The quantitative estimate of drug-likeness (QED) is 0.865.